The molecule has 2 N–H and O–H groups in total. The Balaban J connectivity index is 2.36. The largest absolute Gasteiger partial charge is 0.479 e. The Labute approximate surface area is 112 Å². The van der Waals surface area contributed by atoms with Crippen LogP contribution in [0.15, 0.2) is 48.8 Å². The summed E-state index contributed by atoms with van der Waals surface area (Å²) in [6.07, 6.45) is 3.18. The zero-order chi connectivity index (χ0) is 13.9. The maximum Gasteiger partial charge on any atom is 0.333 e. The monoisotopic (exact) mass is 256 g/mol. The number of carboxylic acid groups (broad SMARTS) is 1. The SMILES string of the molecule is Cc1ccc(NC(C)(C(=O)O)c2ccncc2)cc1. The minimum Gasteiger partial charge on any atom is -0.479 e. The van der Waals surface area contributed by atoms with Crippen LogP contribution >= 0.6 is 0 Å². The van der Waals surface area contributed by atoms with Crippen LogP contribution < -0.4 is 5.32 Å². The second-order valence-corrected chi connectivity index (χ2v) is 4.66. The van der Waals surface area contributed by atoms with Gasteiger partial charge in [0.25, 0.3) is 0 Å². The first-order valence-corrected chi connectivity index (χ1v) is 6.01. The maximum absolute atomic E-state index is 11.6. The molecule has 1 unspecified atom stereocenters. The third-order valence-corrected chi connectivity index (χ3v) is 3.13. The van der Waals surface area contributed by atoms with Gasteiger partial charge in [0.1, 0.15) is 0 Å². The fourth-order valence-corrected chi connectivity index (χ4v) is 1.86. The molecule has 1 heterocycles. The molecule has 0 aliphatic heterocycles. The molecule has 98 valence electrons. The van der Waals surface area contributed by atoms with Crippen molar-refractivity contribution >= 4 is 11.7 Å². The molecule has 1 atom stereocenters. The van der Waals surface area contributed by atoms with Gasteiger partial charge in [-0.05, 0) is 43.7 Å². The first-order valence-electron chi connectivity index (χ1n) is 6.01. The quantitative estimate of drug-likeness (QED) is 0.883. The number of anilines is 1. The standard InChI is InChI=1S/C15H16N2O2/c1-11-3-5-13(6-4-11)17-15(2,14(18)19)12-7-9-16-10-8-12/h3-10,17H,1-2H3,(H,18,19). The predicted molar refractivity (Wildman–Crippen MR) is 74.0 cm³/mol. The Morgan fingerprint density at radius 2 is 1.74 bits per heavy atom. The molecule has 0 amide bonds. The van der Waals surface area contributed by atoms with Crippen LogP contribution in [0.25, 0.3) is 0 Å². The normalized spacial score (nSPS) is 13.6. The summed E-state index contributed by atoms with van der Waals surface area (Å²) in [6.45, 7) is 3.63. The summed E-state index contributed by atoms with van der Waals surface area (Å²) < 4.78 is 0. The van der Waals surface area contributed by atoms with E-state index >= 15 is 0 Å². The van der Waals surface area contributed by atoms with Crippen LogP contribution in [0, 0.1) is 6.92 Å². The lowest BCUT2D eigenvalue weighted by molar-refractivity contribution is -0.142. The Hall–Kier alpha value is -2.36. The summed E-state index contributed by atoms with van der Waals surface area (Å²) in [5.74, 6) is -0.931. The van der Waals surface area contributed by atoms with Gasteiger partial charge in [-0.2, -0.15) is 0 Å². The summed E-state index contributed by atoms with van der Waals surface area (Å²) in [6, 6.07) is 11.0. The van der Waals surface area contributed by atoms with E-state index in [1.807, 2.05) is 31.2 Å². The molecule has 0 bridgehead atoms. The van der Waals surface area contributed by atoms with Crippen molar-refractivity contribution in [3.8, 4) is 0 Å². The van der Waals surface area contributed by atoms with Crippen molar-refractivity contribution in [2.75, 3.05) is 5.32 Å². The molecule has 1 aromatic heterocycles. The van der Waals surface area contributed by atoms with Gasteiger partial charge in [-0.1, -0.05) is 17.7 Å². The van der Waals surface area contributed by atoms with E-state index in [1.165, 1.54) is 0 Å². The van der Waals surface area contributed by atoms with Crippen molar-refractivity contribution in [3.63, 3.8) is 0 Å². The van der Waals surface area contributed by atoms with Gasteiger partial charge < -0.3 is 10.4 Å². The highest BCUT2D eigenvalue weighted by atomic mass is 16.4. The van der Waals surface area contributed by atoms with Gasteiger partial charge in [-0.3, -0.25) is 4.98 Å². The number of pyridine rings is 1. The molecule has 2 rings (SSSR count). The van der Waals surface area contributed by atoms with E-state index in [1.54, 1.807) is 31.5 Å². The predicted octanol–water partition coefficient (Wildman–Crippen LogP) is 2.80. The third-order valence-electron chi connectivity index (χ3n) is 3.13. The number of aromatic nitrogens is 1. The number of hydrogen-bond donors (Lipinski definition) is 2. The van der Waals surface area contributed by atoms with Crippen LogP contribution in [-0.4, -0.2) is 16.1 Å². The third kappa shape index (κ3) is 2.73. The van der Waals surface area contributed by atoms with Crippen molar-refractivity contribution in [2.24, 2.45) is 0 Å². The zero-order valence-electron chi connectivity index (χ0n) is 10.9. The minimum atomic E-state index is -1.18. The van der Waals surface area contributed by atoms with Crippen LogP contribution in [0.3, 0.4) is 0 Å². The lowest BCUT2D eigenvalue weighted by atomic mass is 9.92. The number of rotatable bonds is 4. The Morgan fingerprint density at radius 1 is 1.16 bits per heavy atom. The van der Waals surface area contributed by atoms with Crippen molar-refractivity contribution < 1.29 is 9.90 Å². The van der Waals surface area contributed by atoms with Gasteiger partial charge in [0.15, 0.2) is 5.54 Å². The number of aryl methyl sites for hydroxylation is 1. The molecule has 2 aromatic rings. The minimum absolute atomic E-state index is 0.663. The van der Waals surface area contributed by atoms with Crippen LogP contribution in [0.2, 0.25) is 0 Å². The Morgan fingerprint density at radius 3 is 2.26 bits per heavy atom. The Bertz CT molecular complexity index is 566. The average Bonchev–Trinajstić information content (AvgIpc) is 2.42. The van der Waals surface area contributed by atoms with Gasteiger partial charge in [0, 0.05) is 18.1 Å². The first kappa shape index (κ1) is 13.1. The van der Waals surface area contributed by atoms with E-state index in [0.29, 0.717) is 5.56 Å². The van der Waals surface area contributed by atoms with Gasteiger partial charge in [0.05, 0.1) is 0 Å². The molecular formula is C15H16N2O2. The second kappa shape index (κ2) is 5.10. The van der Waals surface area contributed by atoms with Crippen molar-refractivity contribution in [1.29, 1.82) is 0 Å². The number of hydrogen-bond acceptors (Lipinski definition) is 3. The fourth-order valence-electron chi connectivity index (χ4n) is 1.86. The van der Waals surface area contributed by atoms with Gasteiger partial charge in [-0.15, -0.1) is 0 Å². The molecule has 0 saturated carbocycles. The molecule has 19 heavy (non-hydrogen) atoms. The first-order chi connectivity index (χ1) is 9.02. The Kier molecular flexibility index (Phi) is 3.51. The van der Waals surface area contributed by atoms with Crippen molar-refractivity contribution in [1.82, 2.24) is 4.98 Å². The molecule has 4 heteroatoms. The molecule has 0 aliphatic rings. The van der Waals surface area contributed by atoms with E-state index in [0.717, 1.165) is 11.3 Å². The number of aliphatic carboxylic acids is 1. The van der Waals surface area contributed by atoms with Crippen LogP contribution in [0.4, 0.5) is 5.69 Å². The summed E-state index contributed by atoms with van der Waals surface area (Å²) in [5, 5.41) is 12.6. The molecule has 0 spiro atoms. The number of carboxylic acids is 1. The summed E-state index contributed by atoms with van der Waals surface area (Å²) in [7, 11) is 0. The van der Waals surface area contributed by atoms with Crippen molar-refractivity contribution in [2.45, 2.75) is 19.4 Å². The summed E-state index contributed by atoms with van der Waals surface area (Å²) >= 11 is 0. The smallest absolute Gasteiger partial charge is 0.333 e. The second-order valence-electron chi connectivity index (χ2n) is 4.66. The van der Waals surface area contributed by atoms with E-state index in [4.69, 9.17) is 0 Å². The highest BCUT2D eigenvalue weighted by Crippen LogP contribution is 2.26. The lowest BCUT2D eigenvalue weighted by Gasteiger charge is -2.27. The van der Waals surface area contributed by atoms with Crippen LogP contribution in [0.1, 0.15) is 18.1 Å². The molecule has 4 nitrogen and oxygen atoms in total. The van der Waals surface area contributed by atoms with E-state index in [2.05, 4.69) is 10.3 Å². The molecule has 0 fully saturated rings. The molecule has 1 aromatic carbocycles. The van der Waals surface area contributed by atoms with E-state index in [-0.39, 0.29) is 0 Å². The lowest BCUT2D eigenvalue weighted by Crippen LogP contribution is -2.40. The average molecular weight is 256 g/mol. The highest BCUT2D eigenvalue weighted by molar-refractivity contribution is 5.84. The number of carbonyl (C=O) groups is 1. The van der Waals surface area contributed by atoms with Crippen molar-refractivity contribution in [3.05, 3.63) is 59.9 Å². The number of nitrogens with zero attached hydrogens (tertiary/aromatic N) is 1. The number of nitrogens with one attached hydrogen (secondary N) is 1. The van der Waals surface area contributed by atoms with Gasteiger partial charge in [0.2, 0.25) is 0 Å². The highest BCUT2D eigenvalue weighted by Gasteiger charge is 2.35. The molecule has 0 saturated heterocycles. The van der Waals surface area contributed by atoms with Crippen LogP contribution in [-0.2, 0) is 10.3 Å². The fraction of sp³-hybridized carbons (Fsp3) is 0.200. The zero-order valence-corrected chi connectivity index (χ0v) is 10.9. The maximum atomic E-state index is 11.6. The van der Waals surface area contributed by atoms with Crippen LogP contribution in [0.5, 0.6) is 0 Å². The topological polar surface area (TPSA) is 62.2 Å². The molecular weight excluding hydrogens is 240 g/mol. The summed E-state index contributed by atoms with van der Waals surface area (Å²) in [4.78, 5) is 15.5. The molecule has 0 radical (unpaired) electrons. The number of benzene rings is 1. The van der Waals surface area contributed by atoms with Gasteiger partial charge in [-0.25, -0.2) is 4.79 Å². The summed E-state index contributed by atoms with van der Waals surface area (Å²) in [5.41, 5.74) is 1.38. The van der Waals surface area contributed by atoms with Gasteiger partial charge >= 0.3 is 5.97 Å². The molecule has 0 aliphatic carbocycles. The van der Waals surface area contributed by atoms with E-state index < -0.39 is 11.5 Å². The van der Waals surface area contributed by atoms with E-state index in [9.17, 15) is 9.90 Å².